The Morgan fingerprint density at radius 2 is 1.62 bits per heavy atom. The molecule has 0 aliphatic carbocycles. The quantitative estimate of drug-likeness (QED) is 0.476. The first kappa shape index (κ1) is 15.3. The fourth-order valence-electron chi connectivity index (χ4n) is 0.482. The Hall–Kier alpha value is -0.160. The summed E-state index contributed by atoms with van der Waals surface area (Å²) in [6, 6.07) is 0.375. The highest BCUT2D eigenvalue weighted by Crippen LogP contribution is 1.90. The molecule has 13 heavy (non-hydrogen) atoms. The maximum Gasteiger partial charge on any atom is 0.102 e. The van der Waals surface area contributed by atoms with Crippen molar-refractivity contribution >= 4 is 0 Å². The molecule has 0 saturated heterocycles. The van der Waals surface area contributed by atoms with Gasteiger partial charge in [-0.2, -0.15) is 0 Å². The maximum absolute atomic E-state index is 8.61. The number of nitrogens with one attached hydrogen (secondary N) is 1. The third-order valence-corrected chi connectivity index (χ3v) is 0.982. The van der Waals surface area contributed by atoms with E-state index < -0.39 is 5.54 Å². The van der Waals surface area contributed by atoms with E-state index in [1.165, 1.54) is 0 Å². The summed E-state index contributed by atoms with van der Waals surface area (Å²) in [6.07, 6.45) is -0.375. The zero-order chi connectivity index (χ0) is 11.1. The van der Waals surface area contributed by atoms with Crippen molar-refractivity contribution in [2.75, 3.05) is 6.61 Å². The predicted molar refractivity (Wildman–Crippen MR) is 55.3 cm³/mol. The number of rotatable bonds is 3. The highest BCUT2D eigenvalue weighted by molar-refractivity contribution is 4.67. The fourth-order valence-corrected chi connectivity index (χ4v) is 0.482. The van der Waals surface area contributed by atoms with Crippen molar-refractivity contribution in [1.29, 1.82) is 0 Å². The zero-order valence-corrected chi connectivity index (χ0v) is 9.33. The third-order valence-electron chi connectivity index (χ3n) is 0.982. The molecule has 1 unspecified atom stereocenters. The van der Waals surface area contributed by atoms with Gasteiger partial charge in [0, 0.05) is 11.6 Å². The van der Waals surface area contributed by atoms with E-state index >= 15 is 0 Å². The van der Waals surface area contributed by atoms with Crippen LogP contribution < -0.4 is 11.1 Å². The van der Waals surface area contributed by atoms with Gasteiger partial charge in [-0.1, -0.05) is 0 Å². The lowest BCUT2D eigenvalue weighted by Crippen LogP contribution is -2.35. The van der Waals surface area contributed by atoms with Crippen molar-refractivity contribution in [2.24, 2.45) is 5.73 Å². The molecule has 4 nitrogen and oxygen atoms in total. The average Bonchev–Trinajstić information content (AvgIpc) is 1.84. The molecule has 0 spiro atoms. The van der Waals surface area contributed by atoms with Gasteiger partial charge in [0.15, 0.2) is 0 Å². The molecular weight excluding hydrogens is 168 g/mol. The standard InChI is InChI=1S/C5H13NO.C4H11NO/c1-4(2)6-5(3)7;1-4(2,5)3-6/h4-7H,1-3H3;6H,3,5H2,1-2H3. The molecular formula is C9H24N2O2. The summed E-state index contributed by atoms with van der Waals surface area (Å²) in [5.74, 6) is 0. The van der Waals surface area contributed by atoms with E-state index in [4.69, 9.17) is 15.9 Å². The van der Waals surface area contributed by atoms with Crippen molar-refractivity contribution in [3.63, 3.8) is 0 Å². The molecule has 0 rings (SSSR count). The van der Waals surface area contributed by atoms with Crippen LogP contribution in [-0.2, 0) is 0 Å². The summed E-state index contributed by atoms with van der Waals surface area (Å²) in [4.78, 5) is 0. The van der Waals surface area contributed by atoms with Gasteiger partial charge in [-0.15, -0.1) is 0 Å². The SMILES string of the molecule is CC(C)(N)CO.CC(C)NC(C)O. The van der Waals surface area contributed by atoms with Gasteiger partial charge < -0.3 is 15.9 Å². The van der Waals surface area contributed by atoms with Gasteiger partial charge in [0.05, 0.1) is 6.61 Å². The minimum atomic E-state index is -0.403. The summed E-state index contributed by atoms with van der Waals surface area (Å²) >= 11 is 0. The third kappa shape index (κ3) is 24.5. The molecule has 0 heterocycles. The van der Waals surface area contributed by atoms with Crippen molar-refractivity contribution in [2.45, 2.75) is 52.4 Å². The van der Waals surface area contributed by atoms with E-state index in [2.05, 4.69) is 5.32 Å². The Morgan fingerprint density at radius 3 is 1.62 bits per heavy atom. The van der Waals surface area contributed by atoms with Crippen LogP contribution in [0.3, 0.4) is 0 Å². The molecule has 0 fully saturated rings. The second-order valence-corrected chi connectivity index (χ2v) is 4.14. The largest absolute Gasteiger partial charge is 0.394 e. The van der Waals surface area contributed by atoms with Crippen LogP contribution in [0.1, 0.15) is 34.6 Å². The second kappa shape index (κ2) is 7.26. The van der Waals surface area contributed by atoms with Crippen LogP contribution in [0.4, 0.5) is 0 Å². The Bertz CT molecular complexity index is 103. The zero-order valence-electron chi connectivity index (χ0n) is 9.33. The lowest BCUT2D eigenvalue weighted by Gasteiger charge is -2.12. The van der Waals surface area contributed by atoms with Crippen molar-refractivity contribution in [1.82, 2.24) is 5.32 Å². The summed E-state index contributed by atoms with van der Waals surface area (Å²) < 4.78 is 0. The van der Waals surface area contributed by atoms with Crippen LogP contribution in [-0.4, -0.2) is 34.6 Å². The van der Waals surface area contributed by atoms with Gasteiger partial charge in [-0.3, -0.25) is 5.32 Å². The monoisotopic (exact) mass is 192 g/mol. The molecule has 0 saturated carbocycles. The Labute approximate surface area is 81.1 Å². The number of hydrogen-bond donors (Lipinski definition) is 4. The number of aliphatic hydroxyl groups excluding tert-OH is 2. The molecule has 82 valence electrons. The topological polar surface area (TPSA) is 78.5 Å². The van der Waals surface area contributed by atoms with Gasteiger partial charge >= 0.3 is 0 Å². The summed E-state index contributed by atoms with van der Waals surface area (Å²) in [5, 5.41) is 19.8. The molecule has 5 N–H and O–H groups in total. The van der Waals surface area contributed by atoms with Gasteiger partial charge in [-0.05, 0) is 34.6 Å². The first-order chi connectivity index (χ1) is 5.69. The van der Waals surface area contributed by atoms with Gasteiger partial charge in [0.25, 0.3) is 0 Å². The number of hydrogen-bond acceptors (Lipinski definition) is 4. The van der Waals surface area contributed by atoms with Crippen LogP contribution >= 0.6 is 0 Å². The normalized spacial score (nSPS) is 13.6. The minimum Gasteiger partial charge on any atom is -0.394 e. The first-order valence-electron chi connectivity index (χ1n) is 4.53. The van der Waals surface area contributed by atoms with Crippen LogP contribution in [0.5, 0.6) is 0 Å². The molecule has 0 bridgehead atoms. The molecule has 0 aromatic heterocycles. The Kier molecular flexibility index (Phi) is 8.56. The molecule has 0 aliphatic heterocycles. The summed E-state index contributed by atoms with van der Waals surface area (Å²) in [5.41, 5.74) is 4.88. The fraction of sp³-hybridized carbons (Fsp3) is 1.00. The van der Waals surface area contributed by atoms with E-state index in [0.717, 1.165) is 0 Å². The minimum absolute atomic E-state index is 0.0486. The van der Waals surface area contributed by atoms with E-state index in [1.54, 1.807) is 20.8 Å². The van der Waals surface area contributed by atoms with Crippen LogP contribution in [0.15, 0.2) is 0 Å². The molecule has 0 aliphatic rings. The molecule has 4 heteroatoms. The molecule has 1 atom stereocenters. The van der Waals surface area contributed by atoms with E-state index in [-0.39, 0.29) is 12.8 Å². The van der Waals surface area contributed by atoms with Gasteiger partial charge in [0.1, 0.15) is 6.23 Å². The maximum atomic E-state index is 8.61. The van der Waals surface area contributed by atoms with Crippen LogP contribution in [0.25, 0.3) is 0 Å². The first-order valence-corrected chi connectivity index (χ1v) is 4.53. The summed E-state index contributed by atoms with van der Waals surface area (Å²) in [6.45, 7) is 9.28. The van der Waals surface area contributed by atoms with Crippen molar-refractivity contribution in [3.8, 4) is 0 Å². The lowest BCUT2D eigenvalue weighted by atomic mass is 10.1. The number of nitrogens with two attached hydrogens (primary N) is 1. The Balaban J connectivity index is 0. The number of aliphatic hydroxyl groups is 2. The van der Waals surface area contributed by atoms with E-state index in [1.807, 2.05) is 13.8 Å². The predicted octanol–water partition coefficient (Wildman–Crippen LogP) is 0.0387. The van der Waals surface area contributed by atoms with E-state index in [9.17, 15) is 0 Å². The Morgan fingerprint density at radius 1 is 1.31 bits per heavy atom. The average molecular weight is 192 g/mol. The highest BCUT2D eigenvalue weighted by atomic mass is 16.3. The van der Waals surface area contributed by atoms with Gasteiger partial charge in [0.2, 0.25) is 0 Å². The lowest BCUT2D eigenvalue weighted by molar-refractivity contribution is 0.146. The second-order valence-electron chi connectivity index (χ2n) is 4.14. The smallest absolute Gasteiger partial charge is 0.102 e. The van der Waals surface area contributed by atoms with Crippen LogP contribution in [0.2, 0.25) is 0 Å². The molecule has 0 radical (unpaired) electrons. The van der Waals surface area contributed by atoms with Gasteiger partial charge in [-0.25, -0.2) is 0 Å². The van der Waals surface area contributed by atoms with E-state index in [0.29, 0.717) is 6.04 Å². The molecule has 0 amide bonds. The van der Waals surface area contributed by atoms with Crippen LogP contribution in [0, 0.1) is 0 Å². The highest BCUT2D eigenvalue weighted by Gasteiger charge is 2.05. The molecule has 0 aromatic carbocycles. The molecule has 0 aromatic rings. The summed E-state index contributed by atoms with van der Waals surface area (Å²) in [7, 11) is 0. The van der Waals surface area contributed by atoms with Crippen molar-refractivity contribution in [3.05, 3.63) is 0 Å². The van der Waals surface area contributed by atoms with Crippen molar-refractivity contribution < 1.29 is 10.2 Å².